The number of likely N-dealkylation sites (tertiary alicyclic amines) is 1. The topological polar surface area (TPSA) is 32.8 Å². The van der Waals surface area contributed by atoms with Crippen molar-refractivity contribution in [3.63, 3.8) is 0 Å². The Bertz CT molecular complexity index is 751. The van der Waals surface area contributed by atoms with Crippen LogP contribution in [0.25, 0.3) is 10.1 Å². The summed E-state index contributed by atoms with van der Waals surface area (Å²) in [6, 6.07) is 8.77. The Morgan fingerprint density at radius 1 is 1.21 bits per heavy atom. The molecular weight excluding hydrogens is 320 g/mol. The Balaban J connectivity index is 1.55. The number of amides is 1. The van der Waals surface area contributed by atoms with Crippen molar-refractivity contribution in [2.24, 2.45) is 5.92 Å². The van der Waals surface area contributed by atoms with Crippen LogP contribution >= 0.6 is 11.3 Å². The summed E-state index contributed by atoms with van der Waals surface area (Å²) in [5.74, 6) is 0.720. The average molecular weight is 344 g/mol. The largest absolute Gasteiger partial charge is 0.379 e. The number of hydrogen-bond donors (Lipinski definition) is 0. The Hall–Kier alpha value is -1.43. The lowest BCUT2D eigenvalue weighted by molar-refractivity contribution is 0.0119. The summed E-state index contributed by atoms with van der Waals surface area (Å²) in [5.41, 5.74) is 1.13. The minimum Gasteiger partial charge on any atom is -0.379 e. The third-order valence-electron chi connectivity index (χ3n) is 5.41. The van der Waals surface area contributed by atoms with Crippen LogP contribution in [0.5, 0.6) is 0 Å². The van der Waals surface area contributed by atoms with Gasteiger partial charge in [-0.3, -0.25) is 9.69 Å². The normalized spacial score (nSPS) is 25.5. The van der Waals surface area contributed by atoms with E-state index in [4.69, 9.17) is 4.74 Å². The molecule has 2 aliphatic rings. The number of benzene rings is 1. The van der Waals surface area contributed by atoms with E-state index in [1.54, 1.807) is 11.3 Å². The molecule has 1 aromatic carbocycles. The third-order valence-corrected chi connectivity index (χ3v) is 6.67. The molecule has 0 spiro atoms. The quantitative estimate of drug-likeness (QED) is 0.840. The van der Waals surface area contributed by atoms with Crippen LogP contribution in [0.2, 0.25) is 0 Å². The van der Waals surface area contributed by atoms with Crippen molar-refractivity contribution in [1.82, 2.24) is 9.80 Å². The number of carbonyl (C=O) groups is 1. The number of thiophene rings is 1. The van der Waals surface area contributed by atoms with Crippen LogP contribution in [-0.4, -0.2) is 61.1 Å². The number of nitrogens with zero attached hydrogens (tertiary/aromatic N) is 2. The Kier molecular flexibility index (Phi) is 4.33. The van der Waals surface area contributed by atoms with Crippen LogP contribution in [0.1, 0.15) is 22.2 Å². The SMILES string of the molecule is Cc1c(C(=O)N2C[C@@H](C)[C@@H](N3CCOCC3)C2)sc2ccccc12. The maximum absolute atomic E-state index is 13.1. The minimum absolute atomic E-state index is 0.205. The summed E-state index contributed by atoms with van der Waals surface area (Å²) in [6.07, 6.45) is 0. The van der Waals surface area contributed by atoms with Gasteiger partial charge in [0.1, 0.15) is 0 Å². The van der Waals surface area contributed by atoms with Gasteiger partial charge in [0.05, 0.1) is 18.1 Å². The van der Waals surface area contributed by atoms with Crippen LogP contribution in [0.3, 0.4) is 0 Å². The molecular formula is C19H24N2O2S. The lowest BCUT2D eigenvalue weighted by Gasteiger charge is -2.33. The van der Waals surface area contributed by atoms with Crippen LogP contribution in [0, 0.1) is 12.8 Å². The Labute approximate surface area is 147 Å². The molecule has 0 radical (unpaired) electrons. The number of fused-ring (bicyclic) bond motifs is 1. The van der Waals surface area contributed by atoms with Crippen molar-refractivity contribution < 1.29 is 9.53 Å². The van der Waals surface area contributed by atoms with Gasteiger partial charge in [-0.05, 0) is 29.9 Å². The molecule has 128 valence electrons. The van der Waals surface area contributed by atoms with Gasteiger partial charge >= 0.3 is 0 Å². The zero-order valence-electron chi connectivity index (χ0n) is 14.3. The molecule has 0 bridgehead atoms. The summed E-state index contributed by atoms with van der Waals surface area (Å²) in [6.45, 7) is 9.63. The summed E-state index contributed by atoms with van der Waals surface area (Å²) < 4.78 is 6.67. The van der Waals surface area contributed by atoms with Gasteiger partial charge < -0.3 is 9.64 Å². The number of carbonyl (C=O) groups excluding carboxylic acids is 1. The smallest absolute Gasteiger partial charge is 0.264 e. The first kappa shape index (κ1) is 16.1. The second kappa shape index (κ2) is 6.47. The van der Waals surface area contributed by atoms with E-state index in [1.807, 2.05) is 12.1 Å². The molecule has 5 heteroatoms. The van der Waals surface area contributed by atoms with Gasteiger partial charge in [-0.25, -0.2) is 0 Å². The van der Waals surface area contributed by atoms with Gasteiger partial charge in [0, 0.05) is 36.9 Å². The predicted molar refractivity (Wildman–Crippen MR) is 97.8 cm³/mol. The van der Waals surface area contributed by atoms with Crippen molar-refractivity contribution in [3.8, 4) is 0 Å². The number of morpholine rings is 1. The van der Waals surface area contributed by atoms with Crippen LogP contribution in [0.15, 0.2) is 24.3 Å². The van der Waals surface area contributed by atoms with Gasteiger partial charge in [-0.2, -0.15) is 0 Å². The molecule has 0 aliphatic carbocycles. The molecule has 2 aliphatic heterocycles. The Morgan fingerprint density at radius 2 is 1.96 bits per heavy atom. The third kappa shape index (κ3) is 2.75. The summed E-state index contributed by atoms with van der Waals surface area (Å²) in [5, 5.41) is 1.21. The molecule has 0 N–H and O–H groups in total. The van der Waals surface area contributed by atoms with Crippen molar-refractivity contribution in [2.45, 2.75) is 19.9 Å². The van der Waals surface area contributed by atoms with Crippen molar-refractivity contribution in [3.05, 3.63) is 34.7 Å². The van der Waals surface area contributed by atoms with E-state index in [1.165, 1.54) is 10.1 Å². The second-order valence-corrected chi connectivity index (χ2v) is 8.01. The number of rotatable bonds is 2. The van der Waals surface area contributed by atoms with Crippen molar-refractivity contribution in [1.29, 1.82) is 0 Å². The lowest BCUT2D eigenvalue weighted by atomic mass is 10.0. The highest BCUT2D eigenvalue weighted by Crippen LogP contribution is 2.33. The molecule has 2 atom stereocenters. The second-order valence-electron chi connectivity index (χ2n) is 6.96. The van der Waals surface area contributed by atoms with Crippen LogP contribution in [-0.2, 0) is 4.74 Å². The van der Waals surface area contributed by atoms with E-state index in [2.05, 4.69) is 35.8 Å². The zero-order chi connectivity index (χ0) is 16.7. The molecule has 4 nitrogen and oxygen atoms in total. The van der Waals surface area contributed by atoms with Crippen molar-refractivity contribution in [2.75, 3.05) is 39.4 Å². The zero-order valence-corrected chi connectivity index (χ0v) is 15.1. The average Bonchev–Trinajstić information content (AvgIpc) is 3.16. The number of ether oxygens (including phenoxy) is 1. The fraction of sp³-hybridized carbons (Fsp3) is 0.526. The first-order valence-corrected chi connectivity index (χ1v) is 9.56. The highest BCUT2D eigenvalue weighted by atomic mass is 32.1. The van der Waals surface area contributed by atoms with E-state index >= 15 is 0 Å². The molecule has 2 aromatic rings. The van der Waals surface area contributed by atoms with E-state index in [0.29, 0.717) is 12.0 Å². The van der Waals surface area contributed by atoms with Gasteiger partial charge in [-0.1, -0.05) is 25.1 Å². The molecule has 2 saturated heterocycles. The Morgan fingerprint density at radius 3 is 2.71 bits per heavy atom. The highest BCUT2D eigenvalue weighted by molar-refractivity contribution is 7.21. The van der Waals surface area contributed by atoms with Gasteiger partial charge in [0.15, 0.2) is 0 Å². The summed E-state index contributed by atoms with van der Waals surface area (Å²) >= 11 is 1.63. The lowest BCUT2D eigenvalue weighted by Crippen LogP contribution is -2.47. The highest BCUT2D eigenvalue weighted by Gasteiger charge is 2.37. The van der Waals surface area contributed by atoms with E-state index in [0.717, 1.165) is 49.8 Å². The van der Waals surface area contributed by atoms with E-state index < -0.39 is 0 Å². The molecule has 1 aromatic heterocycles. The molecule has 0 unspecified atom stereocenters. The summed E-state index contributed by atoms with van der Waals surface area (Å²) in [7, 11) is 0. The first-order chi connectivity index (χ1) is 11.6. The first-order valence-electron chi connectivity index (χ1n) is 8.74. The van der Waals surface area contributed by atoms with Gasteiger partial charge in [0.25, 0.3) is 5.91 Å². The summed E-state index contributed by atoms with van der Waals surface area (Å²) in [4.78, 5) is 18.6. The van der Waals surface area contributed by atoms with E-state index in [9.17, 15) is 4.79 Å². The van der Waals surface area contributed by atoms with Gasteiger partial charge in [0.2, 0.25) is 0 Å². The predicted octanol–water partition coefficient (Wildman–Crippen LogP) is 3.00. The van der Waals surface area contributed by atoms with Crippen LogP contribution < -0.4 is 0 Å². The number of hydrogen-bond acceptors (Lipinski definition) is 4. The molecule has 0 saturated carbocycles. The van der Waals surface area contributed by atoms with E-state index in [-0.39, 0.29) is 5.91 Å². The van der Waals surface area contributed by atoms with Crippen LogP contribution in [0.4, 0.5) is 0 Å². The standard InChI is InChI=1S/C19H24N2O2S/c1-13-11-21(12-16(13)20-7-9-23-10-8-20)19(22)18-14(2)15-5-3-4-6-17(15)24-18/h3-6,13,16H,7-12H2,1-2H3/t13-,16+/m1/s1. The van der Waals surface area contributed by atoms with Gasteiger partial charge in [-0.15, -0.1) is 11.3 Å². The molecule has 2 fully saturated rings. The molecule has 3 heterocycles. The molecule has 4 rings (SSSR count). The number of aryl methyl sites for hydroxylation is 1. The molecule has 24 heavy (non-hydrogen) atoms. The maximum atomic E-state index is 13.1. The fourth-order valence-electron chi connectivity index (χ4n) is 4.02. The minimum atomic E-state index is 0.205. The maximum Gasteiger partial charge on any atom is 0.264 e. The molecule has 1 amide bonds. The monoisotopic (exact) mass is 344 g/mol. The van der Waals surface area contributed by atoms with Crippen molar-refractivity contribution >= 4 is 27.3 Å². The fourth-order valence-corrected chi connectivity index (χ4v) is 5.20.